The van der Waals surface area contributed by atoms with Crippen LogP contribution in [-0.2, 0) is 9.53 Å². The highest BCUT2D eigenvalue weighted by Crippen LogP contribution is 2.71. The fourth-order valence-electron chi connectivity index (χ4n) is 12.8. The quantitative estimate of drug-likeness (QED) is 0.103. The van der Waals surface area contributed by atoms with Gasteiger partial charge in [-0.2, -0.15) is 0 Å². The van der Waals surface area contributed by atoms with Gasteiger partial charge in [-0.25, -0.2) is 0 Å². The van der Waals surface area contributed by atoms with E-state index in [0.717, 1.165) is 18.4 Å². The number of hydrogen-bond acceptors (Lipinski definition) is 12. The molecule has 6 aliphatic rings. The van der Waals surface area contributed by atoms with Gasteiger partial charge in [-0.3, -0.25) is 4.79 Å². The Bertz CT molecular complexity index is 1500. The first kappa shape index (κ1) is 43.7. The van der Waals surface area contributed by atoms with Gasteiger partial charge in [0.05, 0.1) is 54.1 Å². The average Bonchev–Trinajstić information content (AvgIpc) is 3.65. The number of allylic oxidation sites excluding steroid dienone is 3. The molecule has 3 saturated carbocycles. The lowest BCUT2D eigenvalue weighted by atomic mass is 9.41. The van der Waals surface area contributed by atoms with Crippen LogP contribution in [0.2, 0.25) is 0 Å². The molecule has 2 heterocycles. The van der Waals surface area contributed by atoms with E-state index in [1.54, 1.807) is 13.8 Å². The van der Waals surface area contributed by atoms with Gasteiger partial charge in [-0.15, -0.1) is 0 Å². The molecule has 0 spiro atoms. The molecular weight excluding hydrogens is 713 g/mol. The Morgan fingerprint density at radius 1 is 1.14 bits per heavy atom. The first-order valence-corrected chi connectivity index (χ1v) is 21.8. The van der Waals surface area contributed by atoms with Crippen molar-refractivity contribution in [2.24, 2.45) is 52.1 Å². The van der Waals surface area contributed by atoms with E-state index in [1.807, 2.05) is 32.3 Å². The largest absolute Gasteiger partial charge is 0.392 e. The third-order valence-electron chi connectivity index (χ3n) is 15.8. The van der Waals surface area contributed by atoms with E-state index >= 15 is 4.79 Å². The number of Topliss-reactive ketones (excluding diaryl/α,β-unsaturated/α-hetero) is 1. The van der Waals surface area contributed by atoms with Gasteiger partial charge in [0.1, 0.15) is 6.10 Å². The number of aliphatic hydroxyl groups is 6. The number of nitrogens with one attached hydrogen (secondary N) is 3. The molecule has 0 aromatic heterocycles. The fourth-order valence-corrected chi connectivity index (χ4v) is 12.8. The lowest BCUT2D eigenvalue weighted by Gasteiger charge is -2.65. The summed E-state index contributed by atoms with van der Waals surface area (Å²) in [5.74, 6) is -1.57. The fraction of sp³-hybridized carbons (Fsp3) is 0.841. The molecule has 4 fully saturated rings. The lowest BCUT2D eigenvalue weighted by Crippen LogP contribution is -2.68. The molecule has 318 valence electrons. The van der Waals surface area contributed by atoms with Crippen molar-refractivity contribution < 1.29 is 40.2 Å². The van der Waals surface area contributed by atoms with Crippen LogP contribution in [0, 0.1) is 46.3 Å². The molecule has 1 saturated heterocycles. The summed E-state index contributed by atoms with van der Waals surface area (Å²) in [6.07, 6.45) is 9.11. The van der Waals surface area contributed by atoms with Crippen LogP contribution in [0.5, 0.6) is 0 Å². The molecule has 4 aliphatic carbocycles. The molecule has 0 amide bonds. The van der Waals surface area contributed by atoms with Crippen molar-refractivity contribution in [1.82, 2.24) is 16.0 Å². The highest BCUT2D eigenvalue weighted by atomic mass is 16.5. The van der Waals surface area contributed by atoms with Crippen LogP contribution in [0.4, 0.5) is 0 Å². The third kappa shape index (κ3) is 7.58. The Labute approximate surface area is 334 Å². The van der Waals surface area contributed by atoms with E-state index in [2.05, 4.69) is 29.8 Å². The van der Waals surface area contributed by atoms with E-state index in [9.17, 15) is 30.6 Å². The SMILES string of the molecule is CCCCCCC1COC(C(O)C(C)(O)C2CCC3(O)C4=C(NCC(C)O)C(=O)C5CC(O)C(O)CC5(CCC5=CNC(N)C=C5)C4C(CNC)CC23C)C1C. The summed E-state index contributed by atoms with van der Waals surface area (Å²) in [5.41, 5.74) is 2.98. The number of aliphatic hydroxyl groups excluding tert-OH is 4. The normalized spacial score (nSPS) is 42.9. The average molecular weight is 787 g/mol. The summed E-state index contributed by atoms with van der Waals surface area (Å²) < 4.78 is 6.31. The summed E-state index contributed by atoms with van der Waals surface area (Å²) in [5, 5.41) is 81.4. The first-order chi connectivity index (χ1) is 26.5. The van der Waals surface area contributed by atoms with Gasteiger partial charge < -0.3 is 57.1 Å². The predicted molar refractivity (Wildman–Crippen MR) is 216 cm³/mol. The molecule has 56 heavy (non-hydrogen) atoms. The third-order valence-corrected chi connectivity index (χ3v) is 15.8. The first-order valence-electron chi connectivity index (χ1n) is 21.8. The maximum Gasteiger partial charge on any atom is 0.182 e. The van der Waals surface area contributed by atoms with Gasteiger partial charge in [0, 0.05) is 24.1 Å². The smallest absolute Gasteiger partial charge is 0.182 e. The van der Waals surface area contributed by atoms with Crippen LogP contribution in [0.1, 0.15) is 112 Å². The van der Waals surface area contributed by atoms with Gasteiger partial charge in [0.2, 0.25) is 0 Å². The molecule has 0 bridgehead atoms. The van der Waals surface area contributed by atoms with Gasteiger partial charge in [-0.1, -0.05) is 52.5 Å². The van der Waals surface area contributed by atoms with E-state index in [1.165, 1.54) is 19.3 Å². The molecule has 12 nitrogen and oxygen atoms in total. The molecule has 0 aromatic rings. The van der Waals surface area contributed by atoms with E-state index in [4.69, 9.17) is 10.5 Å². The Balaban J connectivity index is 1.42. The molecule has 16 atom stereocenters. The molecular formula is C44H74N4O8. The summed E-state index contributed by atoms with van der Waals surface area (Å²) in [7, 11) is 1.90. The standard InChI is InChI=1S/C44H74N4O8/c1-7-8-9-10-11-28-24-56-39(26(28)3)40(53)42(5,54)33-15-17-44(55)36-35(29(23-46-6)19-41(33,44)4)43(16-14-27-12-13-34(45)47-22-27)20-32(51)31(50)18-30(43)38(52)37(36)48-21-25(2)49/h12-13,22,25-26,28-35,39-40,46-51,53-55H,7-11,14-21,23-24,45H2,1-6H3. The second-order valence-corrected chi connectivity index (χ2v) is 19.3. The topological polar surface area (TPSA) is 210 Å². The van der Waals surface area contributed by atoms with Crippen molar-refractivity contribution in [2.75, 3.05) is 26.7 Å². The van der Waals surface area contributed by atoms with Crippen molar-refractivity contribution in [3.63, 3.8) is 0 Å². The number of ketones is 1. The second-order valence-electron chi connectivity index (χ2n) is 19.3. The molecule has 0 radical (unpaired) electrons. The van der Waals surface area contributed by atoms with Crippen molar-refractivity contribution in [3.05, 3.63) is 35.2 Å². The minimum absolute atomic E-state index is 0.0545. The van der Waals surface area contributed by atoms with Crippen LogP contribution >= 0.6 is 0 Å². The Morgan fingerprint density at radius 2 is 1.89 bits per heavy atom. The lowest BCUT2D eigenvalue weighted by molar-refractivity contribution is -0.204. The number of ether oxygens (including phenoxy) is 1. The predicted octanol–water partition coefficient (Wildman–Crippen LogP) is 2.76. The van der Waals surface area contributed by atoms with E-state index in [-0.39, 0.29) is 55.5 Å². The minimum atomic E-state index is -1.63. The maximum absolute atomic E-state index is 15.1. The highest BCUT2D eigenvalue weighted by molar-refractivity contribution is 6.00. The molecule has 0 aromatic carbocycles. The number of dihydropyridines is 1. The van der Waals surface area contributed by atoms with Gasteiger partial charge >= 0.3 is 0 Å². The van der Waals surface area contributed by atoms with E-state index < -0.39 is 64.4 Å². The zero-order chi connectivity index (χ0) is 40.8. The molecule has 2 aliphatic heterocycles. The number of nitrogens with two attached hydrogens (primary N) is 1. The van der Waals surface area contributed by atoms with Crippen molar-refractivity contribution >= 4 is 5.78 Å². The number of unbranched alkanes of at least 4 members (excludes halogenated alkanes) is 3. The highest BCUT2D eigenvalue weighted by Gasteiger charge is 2.73. The van der Waals surface area contributed by atoms with Gasteiger partial charge in [0.15, 0.2) is 5.78 Å². The van der Waals surface area contributed by atoms with Crippen LogP contribution in [0.3, 0.4) is 0 Å². The zero-order valence-electron chi connectivity index (χ0n) is 34.8. The van der Waals surface area contributed by atoms with Crippen LogP contribution in [0.15, 0.2) is 35.2 Å². The van der Waals surface area contributed by atoms with E-state index in [0.29, 0.717) is 56.0 Å². The number of rotatable bonds is 16. The van der Waals surface area contributed by atoms with Crippen LogP contribution in [0.25, 0.3) is 0 Å². The molecule has 6 rings (SSSR count). The number of carbonyl (C=O) groups excluding carboxylic acids is 1. The maximum atomic E-state index is 15.1. The van der Waals surface area contributed by atoms with Gasteiger partial charge in [0.25, 0.3) is 0 Å². The minimum Gasteiger partial charge on any atom is -0.392 e. The van der Waals surface area contributed by atoms with Crippen molar-refractivity contribution in [1.29, 1.82) is 0 Å². The Hall–Kier alpha value is -1.87. The van der Waals surface area contributed by atoms with Crippen LogP contribution in [-0.4, -0.2) is 111 Å². The zero-order valence-corrected chi connectivity index (χ0v) is 34.8. The van der Waals surface area contributed by atoms with Crippen molar-refractivity contribution in [3.8, 4) is 0 Å². The Morgan fingerprint density at radius 3 is 2.55 bits per heavy atom. The number of hydrogen-bond donors (Lipinski definition) is 10. The summed E-state index contributed by atoms with van der Waals surface area (Å²) >= 11 is 0. The Kier molecular flexibility index (Phi) is 13.3. The second kappa shape index (κ2) is 17.0. The molecule has 16 unspecified atom stereocenters. The van der Waals surface area contributed by atoms with Crippen molar-refractivity contribution in [2.45, 2.75) is 160 Å². The monoisotopic (exact) mass is 787 g/mol. The number of fused-ring (bicyclic) bond motifs is 5. The summed E-state index contributed by atoms with van der Waals surface area (Å²) in [6.45, 7) is 10.9. The summed E-state index contributed by atoms with van der Waals surface area (Å²) in [6, 6.07) is 0. The molecule has 11 N–H and O–H groups in total. The molecule has 12 heteroatoms. The summed E-state index contributed by atoms with van der Waals surface area (Å²) in [4.78, 5) is 15.1. The number of carbonyl (C=O) groups is 1. The van der Waals surface area contributed by atoms with Crippen LogP contribution < -0.4 is 21.7 Å². The van der Waals surface area contributed by atoms with Gasteiger partial charge in [-0.05, 0) is 131 Å².